The van der Waals surface area contributed by atoms with Crippen molar-refractivity contribution in [2.45, 2.75) is 38.0 Å². The number of ether oxygens (including phenoxy) is 1. The molecule has 3 rings (SSSR count). The zero-order chi connectivity index (χ0) is 17.8. The summed E-state index contributed by atoms with van der Waals surface area (Å²) >= 11 is 0. The average Bonchev–Trinajstić information content (AvgIpc) is 2.64. The minimum Gasteiger partial charge on any atom is -0.390 e. The number of aliphatic hydroxyl groups excluding tert-OH is 1. The number of carbonyl (C=O) groups excluding carboxylic acids is 1. The summed E-state index contributed by atoms with van der Waals surface area (Å²) < 4.78 is 6.60. The molecule has 25 heavy (non-hydrogen) atoms. The molecular weight excluding hydrogens is 322 g/mol. The maximum atomic E-state index is 12.4. The second-order valence-corrected chi connectivity index (χ2v) is 6.40. The van der Waals surface area contributed by atoms with E-state index >= 15 is 0 Å². The Morgan fingerprint density at radius 3 is 3.00 bits per heavy atom. The quantitative estimate of drug-likeness (QED) is 0.832. The number of fused-ring (bicyclic) bond motifs is 1. The molecule has 7 heteroatoms. The standard InChI is InChI=1S/C18H23N3O4/c1-25-16-10-12(6-7-15(16)22)17(23)19-8-9-21-18(24)14-5-3-2-4-13(14)11-20-21/h2-5,11-12,15-16,22H,6-10H2,1H3,(H,19,23)/t12-,15+,16-/m1/s1. The maximum Gasteiger partial charge on any atom is 0.274 e. The van der Waals surface area contributed by atoms with Crippen LogP contribution < -0.4 is 10.9 Å². The Morgan fingerprint density at radius 1 is 1.40 bits per heavy atom. The highest BCUT2D eigenvalue weighted by molar-refractivity contribution is 5.80. The third-order valence-electron chi connectivity index (χ3n) is 4.82. The minimum atomic E-state index is -0.505. The number of benzene rings is 1. The fourth-order valence-electron chi connectivity index (χ4n) is 3.32. The van der Waals surface area contributed by atoms with Crippen molar-refractivity contribution in [1.29, 1.82) is 0 Å². The van der Waals surface area contributed by atoms with Gasteiger partial charge in [-0.1, -0.05) is 18.2 Å². The summed E-state index contributed by atoms with van der Waals surface area (Å²) in [5.74, 6) is -0.238. The van der Waals surface area contributed by atoms with Gasteiger partial charge >= 0.3 is 0 Å². The molecular formula is C18H23N3O4. The van der Waals surface area contributed by atoms with Crippen molar-refractivity contribution in [1.82, 2.24) is 15.1 Å². The third kappa shape index (κ3) is 3.88. The molecule has 134 valence electrons. The molecule has 1 aliphatic rings. The number of methoxy groups -OCH3 is 1. The fourth-order valence-corrected chi connectivity index (χ4v) is 3.32. The Kier molecular flexibility index (Phi) is 5.45. The fraction of sp³-hybridized carbons (Fsp3) is 0.500. The Labute approximate surface area is 145 Å². The third-order valence-corrected chi connectivity index (χ3v) is 4.82. The molecule has 1 amide bonds. The van der Waals surface area contributed by atoms with Gasteiger partial charge in [0.05, 0.1) is 30.3 Å². The van der Waals surface area contributed by atoms with Gasteiger partial charge < -0.3 is 15.2 Å². The van der Waals surface area contributed by atoms with Crippen LogP contribution in [0.1, 0.15) is 19.3 Å². The molecule has 3 atom stereocenters. The van der Waals surface area contributed by atoms with E-state index < -0.39 is 6.10 Å². The van der Waals surface area contributed by atoms with E-state index in [1.54, 1.807) is 19.4 Å². The number of nitrogens with one attached hydrogen (secondary N) is 1. The average molecular weight is 345 g/mol. The number of hydrogen-bond acceptors (Lipinski definition) is 5. The van der Waals surface area contributed by atoms with E-state index in [0.717, 1.165) is 5.39 Å². The van der Waals surface area contributed by atoms with Crippen LogP contribution in [-0.2, 0) is 16.1 Å². The molecule has 0 unspecified atom stereocenters. The van der Waals surface area contributed by atoms with E-state index in [2.05, 4.69) is 10.4 Å². The SMILES string of the molecule is CO[C@@H]1C[C@H](C(=O)NCCn2ncc3ccccc3c2=O)CC[C@@H]1O. The molecule has 0 aliphatic heterocycles. The van der Waals surface area contributed by atoms with Gasteiger partial charge in [0.1, 0.15) is 0 Å². The van der Waals surface area contributed by atoms with E-state index in [1.807, 2.05) is 18.2 Å². The van der Waals surface area contributed by atoms with Crippen molar-refractivity contribution in [3.05, 3.63) is 40.8 Å². The van der Waals surface area contributed by atoms with Crippen LogP contribution in [0.2, 0.25) is 0 Å². The largest absolute Gasteiger partial charge is 0.390 e. The summed E-state index contributed by atoms with van der Waals surface area (Å²) in [7, 11) is 1.55. The van der Waals surface area contributed by atoms with E-state index in [-0.39, 0.29) is 23.5 Å². The predicted molar refractivity (Wildman–Crippen MR) is 93.2 cm³/mol. The number of nitrogens with zero attached hydrogens (tertiary/aromatic N) is 2. The number of amides is 1. The molecule has 1 fully saturated rings. The Morgan fingerprint density at radius 2 is 2.20 bits per heavy atom. The van der Waals surface area contributed by atoms with Crippen molar-refractivity contribution in [3.8, 4) is 0 Å². The van der Waals surface area contributed by atoms with Gasteiger partial charge in [0, 0.05) is 25.0 Å². The lowest BCUT2D eigenvalue weighted by Gasteiger charge is -2.31. The van der Waals surface area contributed by atoms with Gasteiger partial charge in [-0.3, -0.25) is 9.59 Å². The number of aromatic nitrogens is 2. The van der Waals surface area contributed by atoms with Crippen molar-refractivity contribution >= 4 is 16.7 Å². The summed E-state index contributed by atoms with van der Waals surface area (Å²) in [6.07, 6.45) is 2.56. The van der Waals surface area contributed by atoms with Gasteiger partial charge in [-0.05, 0) is 25.3 Å². The molecule has 0 saturated heterocycles. The first kappa shape index (κ1) is 17.6. The van der Waals surface area contributed by atoms with E-state index in [1.165, 1.54) is 4.68 Å². The molecule has 1 saturated carbocycles. The lowest BCUT2D eigenvalue weighted by molar-refractivity contribution is -0.130. The van der Waals surface area contributed by atoms with E-state index in [4.69, 9.17) is 4.74 Å². The van der Waals surface area contributed by atoms with Crippen molar-refractivity contribution in [2.24, 2.45) is 5.92 Å². The Balaban J connectivity index is 1.57. The molecule has 0 spiro atoms. The maximum absolute atomic E-state index is 12.4. The molecule has 2 aromatic rings. The number of hydrogen-bond donors (Lipinski definition) is 2. The number of carbonyl (C=O) groups is 1. The highest BCUT2D eigenvalue weighted by Gasteiger charge is 2.32. The van der Waals surface area contributed by atoms with Crippen molar-refractivity contribution in [3.63, 3.8) is 0 Å². The van der Waals surface area contributed by atoms with Gasteiger partial charge in [0.2, 0.25) is 5.91 Å². The summed E-state index contributed by atoms with van der Waals surface area (Å²) in [4.78, 5) is 24.7. The molecule has 0 radical (unpaired) electrons. The monoisotopic (exact) mass is 345 g/mol. The topological polar surface area (TPSA) is 93.5 Å². The van der Waals surface area contributed by atoms with Crippen LogP contribution in [0.15, 0.2) is 35.3 Å². The lowest BCUT2D eigenvalue weighted by Crippen LogP contribution is -2.42. The first-order chi connectivity index (χ1) is 12.1. The van der Waals surface area contributed by atoms with Crippen LogP contribution in [-0.4, -0.2) is 46.7 Å². The first-order valence-electron chi connectivity index (χ1n) is 8.53. The van der Waals surface area contributed by atoms with Gasteiger partial charge in [-0.15, -0.1) is 0 Å². The van der Waals surface area contributed by atoms with Crippen LogP contribution in [0.3, 0.4) is 0 Å². The van der Waals surface area contributed by atoms with E-state index in [9.17, 15) is 14.7 Å². The van der Waals surface area contributed by atoms with Crippen LogP contribution in [0, 0.1) is 5.92 Å². The van der Waals surface area contributed by atoms with Crippen LogP contribution in [0.4, 0.5) is 0 Å². The van der Waals surface area contributed by atoms with Gasteiger partial charge in [0.25, 0.3) is 5.56 Å². The second kappa shape index (κ2) is 7.76. The smallest absolute Gasteiger partial charge is 0.274 e. The summed E-state index contributed by atoms with van der Waals surface area (Å²) in [5, 5.41) is 18.2. The molecule has 1 aromatic carbocycles. The minimum absolute atomic E-state index is 0.0669. The highest BCUT2D eigenvalue weighted by atomic mass is 16.5. The Hall–Kier alpha value is -2.25. The molecule has 1 heterocycles. The summed E-state index contributed by atoms with van der Waals surface area (Å²) in [5.41, 5.74) is -0.160. The molecule has 7 nitrogen and oxygen atoms in total. The first-order valence-corrected chi connectivity index (χ1v) is 8.53. The van der Waals surface area contributed by atoms with Crippen LogP contribution in [0.25, 0.3) is 10.8 Å². The molecule has 0 bridgehead atoms. The lowest BCUT2D eigenvalue weighted by atomic mass is 9.84. The number of rotatable bonds is 5. The number of aliphatic hydroxyl groups is 1. The van der Waals surface area contributed by atoms with Crippen molar-refractivity contribution < 1.29 is 14.6 Å². The second-order valence-electron chi connectivity index (χ2n) is 6.40. The Bertz CT molecular complexity index is 804. The van der Waals surface area contributed by atoms with Crippen LogP contribution in [0.5, 0.6) is 0 Å². The van der Waals surface area contributed by atoms with E-state index in [0.29, 0.717) is 37.7 Å². The highest BCUT2D eigenvalue weighted by Crippen LogP contribution is 2.26. The summed E-state index contributed by atoms with van der Waals surface area (Å²) in [6, 6.07) is 7.30. The van der Waals surface area contributed by atoms with Gasteiger partial charge in [-0.25, -0.2) is 4.68 Å². The van der Waals surface area contributed by atoms with Crippen LogP contribution >= 0.6 is 0 Å². The zero-order valence-electron chi connectivity index (χ0n) is 14.2. The zero-order valence-corrected chi connectivity index (χ0v) is 14.2. The summed E-state index contributed by atoms with van der Waals surface area (Å²) in [6.45, 7) is 0.652. The van der Waals surface area contributed by atoms with Gasteiger partial charge in [-0.2, -0.15) is 5.10 Å². The van der Waals surface area contributed by atoms with Gasteiger partial charge in [0.15, 0.2) is 0 Å². The van der Waals surface area contributed by atoms with Crippen molar-refractivity contribution in [2.75, 3.05) is 13.7 Å². The molecule has 2 N–H and O–H groups in total. The predicted octanol–water partition coefficient (Wildman–Crippen LogP) is 0.689. The molecule has 1 aliphatic carbocycles. The normalized spacial score (nSPS) is 23.5. The molecule has 1 aromatic heterocycles.